The fourth-order valence-electron chi connectivity index (χ4n) is 1.86. The second-order valence-corrected chi connectivity index (χ2v) is 4.75. The van der Waals surface area contributed by atoms with Gasteiger partial charge in [-0.1, -0.05) is 6.07 Å². The summed E-state index contributed by atoms with van der Waals surface area (Å²) in [7, 11) is 1.57. The maximum Gasteiger partial charge on any atom is 0.270 e. The Morgan fingerprint density at radius 3 is 2.80 bits per heavy atom. The average Bonchev–Trinajstić information content (AvgIpc) is 3.31. The fourth-order valence-corrected chi connectivity index (χ4v) is 1.86. The summed E-state index contributed by atoms with van der Waals surface area (Å²) in [6, 6.07) is 9.38. The maximum absolute atomic E-state index is 12.0. The van der Waals surface area contributed by atoms with E-state index in [4.69, 9.17) is 4.74 Å². The highest BCUT2D eigenvalue weighted by Crippen LogP contribution is 2.21. The van der Waals surface area contributed by atoms with Crippen LogP contribution in [0.1, 0.15) is 23.3 Å². The lowest BCUT2D eigenvalue weighted by Gasteiger charge is -2.06. The first-order chi connectivity index (χ1) is 9.76. The van der Waals surface area contributed by atoms with Crippen LogP contribution in [0.25, 0.3) is 11.3 Å². The molecular formula is C15H15N3O2. The summed E-state index contributed by atoms with van der Waals surface area (Å²) in [5.74, 6) is 0.437. The van der Waals surface area contributed by atoms with Crippen LogP contribution >= 0.6 is 0 Å². The van der Waals surface area contributed by atoms with Gasteiger partial charge in [-0.15, -0.1) is 0 Å². The van der Waals surface area contributed by atoms with E-state index in [-0.39, 0.29) is 5.91 Å². The number of nitrogens with one attached hydrogen (secondary N) is 1. The van der Waals surface area contributed by atoms with Gasteiger partial charge in [0.15, 0.2) is 0 Å². The summed E-state index contributed by atoms with van der Waals surface area (Å²) in [5.41, 5.74) is 2.01. The highest BCUT2D eigenvalue weighted by atomic mass is 16.5. The number of rotatable bonds is 4. The molecule has 5 nitrogen and oxygen atoms in total. The topological polar surface area (TPSA) is 64.1 Å². The van der Waals surface area contributed by atoms with Crippen molar-refractivity contribution in [1.82, 2.24) is 15.3 Å². The molecule has 2 heterocycles. The van der Waals surface area contributed by atoms with E-state index in [1.165, 1.54) is 0 Å². The normalized spacial score (nSPS) is 13.8. The molecule has 1 aliphatic carbocycles. The molecule has 5 heteroatoms. The number of hydrogen-bond donors (Lipinski definition) is 1. The highest BCUT2D eigenvalue weighted by Gasteiger charge is 2.24. The summed E-state index contributed by atoms with van der Waals surface area (Å²) in [6.07, 6.45) is 3.81. The van der Waals surface area contributed by atoms with Gasteiger partial charge < -0.3 is 10.1 Å². The van der Waals surface area contributed by atoms with Crippen molar-refractivity contribution in [1.29, 1.82) is 0 Å². The van der Waals surface area contributed by atoms with Crippen molar-refractivity contribution in [3.63, 3.8) is 0 Å². The van der Waals surface area contributed by atoms with Crippen LogP contribution in [0.5, 0.6) is 5.88 Å². The number of methoxy groups -OCH3 is 1. The molecular weight excluding hydrogens is 254 g/mol. The molecule has 2 aromatic heterocycles. The van der Waals surface area contributed by atoms with Gasteiger partial charge in [0.25, 0.3) is 5.91 Å². The van der Waals surface area contributed by atoms with Crippen LogP contribution in [0, 0.1) is 0 Å². The van der Waals surface area contributed by atoms with E-state index in [2.05, 4.69) is 15.3 Å². The zero-order valence-corrected chi connectivity index (χ0v) is 11.2. The van der Waals surface area contributed by atoms with Crippen LogP contribution in [0.3, 0.4) is 0 Å². The maximum atomic E-state index is 12.0. The van der Waals surface area contributed by atoms with Crippen molar-refractivity contribution in [3.8, 4) is 17.1 Å². The van der Waals surface area contributed by atoms with Crippen molar-refractivity contribution in [2.24, 2.45) is 0 Å². The summed E-state index contributed by atoms with van der Waals surface area (Å²) in [6.45, 7) is 0. The van der Waals surface area contributed by atoms with E-state index in [0.717, 1.165) is 24.1 Å². The third kappa shape index (κ3) is 2.77. The zero-order valence-electron chi connectivity index (χ0n) is 11.2. The minimum absolute atomic E-state index is 0.115. The van der Waals surface area contributed by atoms with Gasteiger partial charge in [0.1, 0.15) is 5.69 Å². The lowest BCUT2D eigenvalue weighted by molar-refractivity contribution is 0.0946. The fraction of sp³-hybridized carbons (Fsp3) is 0.267. The van der Waals surface area contributed by atoms with Crippen LogP contribution < -0.4 is 10.1 Å². The number of amides is 1. The van der Waals surface area contributed by atoms with Crippen LogP contribution in [-0.2, 0) is 0 Å². The van der Waals surface area contributed by atoms with Gasteiger partial charge in [0.05, 0.1) is 12.8 Å². The molecule has 0 saturated heterocycles. The largest absolute Gasteiger partial charge is 0.481 e. The minimum atomic E-state index is -0.115. The number of carbonyl (C=O) groups is 1. The Labute approximate surface area is 117 Å². The van der Waals surface area contributed by atoms with Crippen molar-refractivity contribution in [2.45, 2.75) is 18.9 Å². The van der Waals surface area contributed by atoms with Crippen LogP contribution in [-0.4, -0.2) is 29.0 Å². The van der Waals surface area contributed by atoms with Gasteiger partial charge in [-0.2, -0.15) is 0 Å². The van der Waals surface area contributed by atoms with E-state index < -0.39 is 0 Å². The molecule has 0 aliphatic heterocycles. The van der Waals surface area contributed by atoms with Crippen LogP contribution in [0.2, 0.25) is 0 Å². The van der Waals surface area contributed by atoms with Gasteiger partial charge in [0, 0.05) is 23.9 Å². The lowest BCUT2D eigenvalue weighted by Crippen LogP contribution is -2.26. The molecule has 1 fully saturated rings. The molecule has 3 rings (SSSR count). The second kappa shape index (κ2) is 5.28. The Morgan fingerprint density at radius 2 is 2.15 bits per heavy atom. The molecule has 0 bridgehead atoms. The Hall–Kier alpha value is -2.43. The molecule has 1 N–H and O–H groups in total. The Morgan fingerprint density at radius 1 is 1.30 bits per heavy atom. The molecule has 0 unspecified atom stereocenters. The standard InChI is InChI=1S/C15H15N3O2/c1-20-14-8-5-10(9-16-14)12-3-2-4-13(18-12)15(19)17-11-6-7-11/h2-5,8-9,11H,6-7H2,1H3,(H,17,19). The van der Waals surface area contributed by atoms with Crippen molar-refractivity contribution < 1.29 is 9.53 Å². The van der Waals surface area contributed by atoms with Gasteiger partial charge in [-0.25, -0.2) is 9.97 Å². The minimum Gasteiger partial charge on any atom is -0.481 e. The smallest absolute Gasteiger partial charge is 0.270 e. The summed E-state index contributed by atoms with van der Waals surface area (Å²) < 4.78 is 5.02. The van der Waals surface area contributed by atoms with Gasteiger partial charge in [-0.05, 0) is 31.0 Å². The summed E-state index contributed by atoms with van der Waals surface area (Å²) >= 11 is 0. The molecule has 20 heavy (non-hydrogen) atoms. The predicted molar refractivity (Wildman–Crippen MR) is 74.5 cm³/mol. The van der Waals surface area contributed by atoms with E-state index in [1.54, 1.807) is 25.4 Å². The quantitative estimate of drug-likeness (QED) is 0.922. The van der Waals surface area contributed by atoms with Gasteiger partial charge in [0.2, 0.25) is 5.88 Å². The van der Waals surface area contributed by atoms with Crippen molar-refractivity contribution >= 4 is 5.91 Å². The van der Waals surface area contributed by atoms with Crippen LogP contribution in [0.15, 0.2) is 36.5 Å². The van der Waals surface area contributed by atoms with Gasteiger partial charge >= 0.3 is 0 Å². The molecule has 2 aromatic rings. The first kappa shape index (κ1) is 12.6. The SMILES string of the molecule is COc1ccc(-c2cccc(C(=O)NC3CC3)n2)cn1. The molecule has 1 saturated carbocycles. The highest BCUT2D eigenvalue weighted by molar-refractivity contribution is 5.93. The number of pyridine rings is 2. The van der Waals surface area contributed by atoms with E-state index in [9.17, 15) is 4.79 Å². The van der Waals surface area contributed by atoms with Crippen molar-refractivity contribution in [2.75, 3.05) is 7.11 Å². The number of ether oxygens (including phenoxy) is 1. The molecule has 102 valence electrons. The number of aromatic nitrogens is 2. The molecule has 1 amide bonds. The van der Waals surface area contributed by atoms with Gasteiger partial charge in [-0.3, -0.25) is 4.79 Å². The monoisotopic (exact) mass is 269 g/mol. The number of carbonyl (C=O) groups excluding carboxylic acids is 1. The number of hydrogen-bond acceptors (Lipinski definition) is 4. The summed E-state index contributed by atoms with van der Waals surface area (Å²) in [4.78, 5) is 20.5. The molecule has 0 aromatic carbocycles. The Balaban J connectivity index is 1.83. The lowest BCUT2D eigenvalue weighted by atomic mass is 10.2. The zero-order chi connectivity index (χ0) is 13.9. The molecule has 0 atom stereocenters. The first-order valence-corrected chi connectivity index (χ1v) is 6.54. The third-order valence-corrected chi connectivity index (χ3v) is 3.14. The molecule has 0 radical (unpaired) electrons. The first-order valence-electron chi connectivity index (χ1n) is 6.54. The predicted octanol–water partition coefficient (Wildman–Crippen LogP) is 2.04. The summed E-state index contributed by atoms with van der Waals surface area (Å²) in [5, 5.41) is 2.93. The molecule has 1 aliphatic rings. The average molecular weight is 269 g/mol. The Bertz CT molecular complexity index is 621. The van der Waals surface area contributed by atoms with Crippen molar-refractivity contribution in [3.05, 3.63) is 42.2 Å². The number of nitrogens with zero attached hydrogens (tertiary/aromatic N) is 2. The third-order valence-electron chi connectivity index (χ3n) is 3.14. The Kier molecular flexibility index (Phi) is 3.33. The van der Waals surface area contributed by atoms with E-state index >= 15 is 0 Å². The van der Waals surface area contributed by atoms with E-state index in [0.29, 0.717) is 17.6 Å². The molecule has 0 spiro atoms. The van der Waals surface area contributed by atoms with Crippen LogP contribution in [0.4, 0.5) is 0 Å². The van der Waals surface area contributed by atoms with E-state index in [1.807, 2.05) is 18.2 Å². The second-order valence-electron chi connectivity index (χ2n) is 4.75.